The summed E-state index contributed by atoms with van der Waals surface area (Å²) in [5.41, 5.74) is 0. The minimum atomic E-state index is -3.54. The topological polar surface area (TPSA) is 70.2 Å². The van der Waals surface area contributed by atoms with E-state index < -0.39 is 10.0 Å². The maximum atomic E-state index is 13.1. The van der Waals surface area contributed by atoms with Crippen LogP contribution in [0.1, 0.15) is 13.3 Å². The predicted octanol–water partition coefficient (Wildman–Crippen LogP) is 1.78. The molecule has 0 bridgehead atoms. The van der Waals surface area contributed by atoms with E-state index in [-0.39, 0.29) is 12.0 Å². The number of amides is 1. The second-order valence-corrected chi connectivity index (χ2v) is 9.87. The molecule has 4 rings (SSSR count). The molecule has 7 nitrogen and oxygen atoms in total. The highest BCUT2D eigenvalue weighted by atomic mass is 32.2. The van der Waals surface area contributed by atoms with Crippen LogP contribution in [-0.4, -0.2) is 87.0 Å². The number of nitrogens with zero attached hydrogens (tertiary/aromatic N) is 3. The molecular formula is C22H29N3O4S. The van der Waals surface area contributed by atoms with Gasteiger partial charge in [-0.15, -0.1) is 0 Å². The van der Waals surface area contributed by atoms with Gasteiger partial charge in [0.15, 0.2) is 0 Å². The van der Waals surface area contributed by atoms with E-state index in [9.17, 15) is 13.2 Å². The summed E-state index contributed by atoms with van der Waals surface area (Å²) in [6, 6.07) is 13.0. The molecule has 0 saturated carbocycles. The molecule has 2 aliphatic rings. The fourth-order valence-electron chi connectivity index (χ4n) is 4.09. The highest BCUT2D eigenvalue weighted by Crippen LogP contribution is 2.23. The van der Waals surface area contributed by atoms with Gasteiger partial charge in [0.25, 0.3) is 0 Å². The van der Waals surface area contributed by atoms with Crippen LogP contribution in [0, 0.1) is 0 Å². The number of morpholine rings is 1. The van der Waals surface area contributed by atoms with E-state index in [4.69, 9.17) is 4.74 Å². The Balaban J connectivity index is 1.35. The van der Waals surface area contributed by atoms with Gasteiger partial charge in [0, 0.05) is 39.3 Å². The summed E-state index contributed by atoms with van der Waals surface area (Å²) < 4.78 is 33.4. The molecule has 2 aliphatic heterocycles. The zero-order valence-corrected chi connectivity index (χ0v) is 18.2. The van der Waals surface area contributed by atoms with E-state index in [0.29, 0.717) is 57.3 Å². The molecule has 2 fully saturated rings. The lowest BCUT2D eigenvalue weighted by molar-refractivity contribution is -0.140. The Bertz CT molecular complexity index is 1000. The van der Waals surface area contributed by atoms with Crippen molar-refractivity contribution in [3.8, 4) is 0 Å². The van der Waals surface area contributed by atoms with Crippen LogP contribution in [0.25, 0.3) is 10.8 Å². The van der Waals surface area contributed by atoms with Crippen LogP contribution in [0.3, 0.4) is 0 Å². The van der Waals surface area contributed by atoms with Crippen LogP contribution in [0.2, 0.25) is 0 Å². The smallest absolute Gasteiger partial charge is 0.243 e. The molecule has 2 aromatic carbocycles. The number of piperazine rings is 1. The molecule has 2 saturated heterocycles. The van der Waals surface area contributed by atoms with Crippen molar-refractivity contribution in [2.45, 2.75) is 24.3 Å². The monoisotopic (exact) mass is 431 g/mol. The number of benzene rings is 2. The quantitative estimate of drug-likeness (QED) is 0.722. The third kappa shape index (κ3) is 4.51. The van der Waals surface area contributed by atoms with Gasteiger partial charge in [-0.25, -0.2) is 8.42 Å². The number of rotatable bonds is 5. The summed E-state index contributed by atoms with van der Waals surface area (Å²) in [6.07, 6.45) is 1.02. The normalized spacial score (nSPS) is 21.8. The first-order chi connectivity index (χ1) is 14.5. The first kappa shape index (κ1) is 21.2. The van der Waals surface area contributed by atoms with E-state index >= 15 is 0 Å². The molecule has 1 atom stereocenters. The first-order valence-electron chi connectivity index (χ1n) is 10.6. The van der Waals surface area contributed by atoms with Crippen molar-refractivity contribution in [3.05, 3.63) is 42.5 Å². The number of carbonyl (C=O) groups excluding carboxylic acids is 1. The summed E-state index contributed by atoms with van der Waals surface area (Å²) in [5.74, 6) is 0.0996. The molecule has 0 radical (unpaired) electrons. The molecule has 30 heavy (non-hydrogen) atoms. The number of hydrogen-bond acceptors (Lipinski definition) is 5. The summed E-state index contributed by atoms with van der Waals surface area (Å²) in [7, 11) is -3.54. The summed E-state index contributed by atoms with van der Waals surface area (Å²) >= 11 is 0. The lowest BCUT2D eigenvalue weighted by atomic mass is 10.1. The minimum Gasteiger partial charge on any atom is -0.375 e. The molecule has 1 unspecified atom stereocenters. The summed E-state index contributed by atoms with van der Waals surface area (Å²) in [5, 5.41) is 1.94. The molecule has 0 spiro atoms. The van der Waals surface area contributed by atoms with Crippen LogP contribution in [0.5, 0.6) is 0 Å². The molecule has 1 amide bonds. The Labute approximate surface area is 178 Å². The number of hydrogen-bond donors (Lipinski definition) is 0. The van der Waals surface area contributed by atoms with E-state index in [1.807, 2.05) is 40.1 Å². The third-order valence-electron chi connectivity index (χ3n) is 6.00. The Kier molecular flexibility index (Phi) is 6.38. The SMILES string of the molecule is CCC1CN(C(=O)CN2CCN(S(=O)(=O)c3ccc4ccccc4c3)CC2)CCO1. The number of ether oxygens (including phenoxy) is 1. The van der Waals surface area contributed by atoms with Crippen molar-refractivity contribution in [1.82, 2.24) is 14.1 Å². The van der Waals surface area contributed by atoms with Gasteiger partial charge in [-0.05, 0) is 29.3 Å². The average molecular weight is 432 g/mol. The number of sulfonamides is 1. The molecule has 8 heteroatoms. The van der Waals surface area contributed by atoms with Gasteiger partial charge >= 0.3 is 0 Å². The lowest BCUT2D eigenvalue weighted by Crippen LogP contribution is -2.53. The van der Waals surface area contributed by atoms with Crippen molar-refractivity contribution in [2.75, 3.05) is 52.4 Å². The van der Waals surface area contributed by atoms with Gasteiger partial charge in [-0.1, -0.05) is 37.3 Å². The fraction of sp³-hybridized carbons (Fsp3) is 0.500. The molecule has 0 aliphatic carbocycles. The van der Waals surface area contributed by atoms with Gasteiger partial charge in [0.05, 0.1) is 24.2 Å². The maximum absolute atomic E-state index is 13.1. The Hall–Kier alpha value is -2.00. The van der Waals surface area contributed by atoms with Gasteiger partial charge in [-0.2, -0.15) is 4.31 Å². The van der Waals surface area contributed by atoms with Gasteiger partial charge in [-0.3, -0.25) is 9.69 Å². The fourth-order valence-corrected chi connectivity index (χ4v) is 5.55. The third-order valence-corrected chi connectivity index (χ3v) is 7.89. The number of fused-ring (bicyclic) bond motifs is 1. The van der Waals surface area contributed by atoms with Crippen molar-refractivity contribution in [2.24, 2.45) is 0 Å². The number of carbonyl (C=O) groups is 1. The first-order valence-corrected chi connectivity index (χ1v) is 12.0. The van der Waals surface area contributed by atoms with E-state index in [1.165, 1.54) is 4.31 Å². The second kappa shape index (κ2) is 9.01. The van der Waals surface area contributed by atoms with Gasteiger partial charge in [0.2, 0.25) is 15.9 Å². The van der Waals surface area contributed by atoms with E-state index in [1.54, 1.807) is 12.1 Å². The predicted molar refractivity (Wildman–Crippen MR) is 116 cm³/mol. The molecule has 162 valence electrons. The Morgan fingerprint density at radius 2 is 1.77 bits per heavy atom. The molecular weight excluding hydrogens is 402 g/mol. The second-order valence-electron chi connectivity index (χ2n) is 7.93. The molecule has 2 heterocycles. The van der Waals surface area contributed by atoms with Crippen LogP contribution >= 0.6 is 0 Å². The average Bonchev–Trinajstić information content (AvgIpc) is 2.79. The van der Waals surface area contributed by atoms with Crippen molar-refractivity contribution >= 4 is 26.7 Å². The van der Waals surface area contributed by atoms with Crippen molar-refractivity contribution < 1.29 is 17.9 Å². The van der Waals surface area contributed by atoms with Gasteiger partial charge < -0.3 is 9.64 Å². The van der Waals surface area contributed by atoms with Crippen LogP contribution < -0.4 is 0 Å². The largest absolute Gasteiger partial charge is 0.375 e. The molecule has 2 aromatic rings. The summed E-state index contributed by atoms with van der Waals surface area (Å²) in [4.78, 5) is 16.9. The van der Waals surface area contributed by atoms with E-state index in [2.05, 4.69) is 6.92 Å². The lowest BCUT2D eigenvalue weighted by Gasteiger charge is -2.36. The highest BCUT2D eigenvalue weighted by Gasteiger charge is 2.30. The standard InChI is InChI=1S/C22H29N3O4S/c1-2-20-16-24(13-14-29-20)22(26)17-23-9-11-25(12-10-23)30(27,28)21-8-7-18-5-3-4-6-19(18)15-21/h3-8,15,20H,2,9-14,16-17H2,1H3. The Morgan fingerprint density at radius 3 is 2.50 bits per heavy atom. The summed E-state index contributed by atoms with van der Waals surface area (Å²) in [6.45, 7) is 6.15. The van der Waals surface area contributed by atoms with E-state index in [0.717, 1.165) is 17.2 Å². The highest BCUT2D eigenvalue weighted by molar-refractivity contribution is 7.89. The van der Waals surface area contributed by atoms with Crippen molar-refractivity contribution in [1.29, 1.82) is 0 Å². The Morgan fingerprint density at radius 1 is 1.03 bits per heavy atom. The van der Waals surface area contributed by atoms with Crippen molar-refractivity contribution in [3.63, 3.8) is 0 Å². The zero-order chi connectivity index (χ0) is 21.1. The van der Waals surface area contributed by atoms with Crippen LogP contribution in [0.15, 0.2) is 47.4 Å². The van der Waals surface area contributed by atoms with Crippen LogP contribution in [0.4, 0.5) is 0 Å². The molecule has 0 N–H and O–H groups in total. The minimum absolute atomic E-state index is 0.0996. The molecule has 0 aromatic heterocycles. The van der Waals surface area contributed by atoms with Crippen LogP contribution in [-0.2, 0) is 19.6 Å². The van der Waals surface area contributed by atoms with Gasteiger partial charge in [0.1, 0.15) is 0 Å². The maximum Gasteiger partial charge on any atom is 0.243 e. The zero-order valence-electron chi connectivity index (χ0n) is 17.4.